The molecule has 5 heteroatoms. The van der Waals surface area contributed by atoms with Crippen LogP contribution < -0.4 is 14.8 Å². The van der Waals surface area contributed by atoms with Crippen molar-refractivity contribution in [1.29, 1.82) is 0 Å². The number of halogens is 1. The molecule has 1 N–H and O–H groups in total. The van der Waals surface area contributed by atoms with Gasteiger partial charge in [-0.2, -0.15) is 0 Å². The quantitative estimate of drug-likeness (QED) is 0.884. The number of hydrogen-bond acceptors (Lipinski definition) is 3. The van der Waals surface area contributed by atoms with Crippen molar-refractivity contribution >= 4 is 23.2 Å². The van der Waals surface area contributed by atoms with Crippen molar-refractivity contribution < 1.29 is 14.3 Å². The van der Waals surface area contributed by atoms with Crippen molar-refractivity contribution in [1.82, 2.24) is 0 Å². The number of anilines is 1. The predicted molar refractivity (Wildman–Crippen MR) is 85.9 cm³/mol. The van der Waals surface area contributed by atoms with E-state index in [4.69, 9.17) is 21.1 Å². The molecule has 22 heavy (non-hydrogen) atoms. The number of hydrogen-bond donors (Lipinski definition) is 1. The Labute approximate surface area is 134 Å². The summed E-state index contributed by atoms with van der Waals surface area (Å²) in [5, 5.41) is 3.42. The maximum atomic E-state index is 12.0. The van der Waals surface area contributed by atoms with Crippen LogP contribution in [0.4, 0.5) is 5.69 Å². The number of rotatable bonds is 5. The molecular formula is C17H16ClNO3. The first-order valence-electron chi connectivity index (χ1n) is 7.08. The minimum absolute atomic E-state index is 0.00661. The lowest BCUT2D eigenvalue weighted by atomic mass is 10.2. The molecule has 0 radical (unpaired) electrons. The van der Waals surface area contributed by atoms with E-state index in [0.29, 0.717) is 28.0 Å². The lowest BCUT2D eigenvalue weighted by Crippen LogP contribution is -2.13. The van der Waals surface area contributed by atoms with Crippen LogP contribution in [-0.4, -0.2) is 13.0 Å². The molecule has 3 rings (SSSR count). The number of carbonyl (C=O) groups excluding carboxylic acids is 1. The summed E-state index contributed by atoms with van der Waals surface area (Å²) in [5.74, 6) is 1.85. The summed E-state index contributed by atoms with van der Waals surface area (Å²) in [7, 11) is 1.58. The van der Waals surface area contributed by atoms with Gasteiger partial charge in [-0.15, -0.1) is 0 Å². The fraction of sp³-hybridized carbons (Fsp3) is 0.235. The summed E-state index contributed by atoms with van der Waals surface area (Å²) in [6.45, 7) is 0. The van der Waals surface area contributed by atoms with Crippen LogP contribution in [-0.2, 0) is 4.79 Å². The summed E-state index contributed by atoms with van der Waals surface area (Å²) in [6.07, 6.45) is 1.88. The molecule has 0 spiro atoms. The maximum Gasteiger partial charge on any atom is 0.227 e. The van der Waals surface area contributed by atoms with Gasteiger partial charge in [0.05, 0.1) is 12.8 Å². The van der Waals surface area contributed by atoms with E-state index in [1.54, 1.807) is 31.4 Å². The van der Waals surface area contributed by atoms with E-state index in [0.717, 1.165) is 12.8 Å². The molecule has 1 fully saturated rings. The smallest absolute Gasteiger partial charge is 0.227 e. The molecule has 0 bridgehead atoms. The van der Waals surface area contributed by atoms with Gasteiger partial charge in [-0.25, -0.2) is 0 Å². The minimum Gasteiger partial charge on any atom is -0.493 e. The average Bonchev–Trinajstić information content (AvgIpc) is 3.35. The Bertz CT molecular complexity index is 698. The molecule has 0 aliphatic heterocycles. The van der Waals surface area contributed by atoms with Gasteiger partial charge in [0, 0.05) is 10.9 Å². The molecule has 1 saturated carbocycles. The number of ether oxygens (including phenoxy) is 2. The Morgan fingerprint density at radius 2 is 1.86 bits per heavy atom. The highest BCUT2D eigenvalue weighted by Crippen LogP contribution is 2.37. The summed E-state index contributed by atoms with van der Waals surface area (Å²) < 4.78 is 11.2. The normalized spacial score (nSPS) is 13.5. The first-order chi connectivity index (χ1) is 10.7. The van der Waals surface area contributed by atoms with Gasteiger partial charge in [0.25, 0.3) is 0 Å². The van der Waals surface area contributed by atoms with Gasteiger partial charge in [-0.3, -0.25) is 4.79 Å². The third kappa shape index (κ3) is 3.34. The molecule has 0 unspecified atom stereocenters. The molecule has 0 aromatic heterocycles. The number of carbonyl (C=O) groups is 1. The standard InChI is InChI=1S/C17H16ClNO3/c1-21-15-4-2-3-5-16(15)22-14-9-8-12(18)10-13(14)19-17(20)11-6-7-11/h2-5,8-11H,6-7H2,1H3,(H,19,20). The Kier molecular flexibility index (Phi) is 4.20. The first-order valence-corrected chi connectivity index (χ1v) is 7.46. The third-order valence-electron chi connectivity index (χ3n) is 3.44. The second-order valence-corrected chi connectivity index (χ2v) is 5.59. The zero-order chi connectivity index (χ0) is 15.5. The van der Waals surface area contributed by atoms with E-state index in [1.807, 2.05) is 18.2 Å². The van der Waals surface area contributed by atoms with Crippen LogP contribution in [0.15, 0.2) is 42.5 Å². The van der Waals surface area contributed by atoms with E-state index >= 15 is 0 Å². The largest absolute Gasteiger partial charge is 0.493 e. The predicted octanol–water partition coefficient (Wildman–Crippen LogP) is 4.49. The minimum atomic E-state index is 0.00661. The van der Waals surface area contributed by atoms with E-state index in [1.165, 1.54) is 0 Å². The van der Waals surface area contributed by atoms with Crippen LogP contribution >= 0.6 is 11.6 Å². The molecule has 1 amide bonds. The number of para-hydroxylation sites is 2. The Morgan fingerprint density at radius 3 is 2.55 bits per heavy atom. The summed E-state index contributed by atoms with van der Waals surface area (Å²) in [6, 6.07) is 12.5. The zero-order valence-corrected chi connectivity index (χ0v) is 12.9. The van der Waals surface area contributed by atoms with Gasteiger partial charge < -0.3 is 14.8 Å². The van der Waals surface area contributed by atoms with Crippen molar-refractivity contribution in [3.63, 3.8) is 0 Å². The van der Waals surface area contributed by atoms with Gasteiger partial charge in [-0.1, -0.05) is 23.7 Å². The number of methoxy groups -OCH3 is 1. The number of amides is 1. The molecule has 2 aromatic carbocycles. The Morgan fingerprint density at radius 1 is 1.14 bits per heavy atom. The maximum absolute atomic E-state index is 12.0. The molecule has 4 nitrogen and oxygen atoms in total. The van der Waals surface area contributed by atoms with Crippen LogP contribution in [0.1, 0.15) is 12.8 Å². The van der Waals surface area contributed by atoms with E-state index in [2.05, 4.69) is 5.32 Å². The molecule has 114 valence electrons. The molecule has 0 heterocycles. The lowest BCUT2D eigenvalue weighted by molar-refractivity contribution is -0.117. The van der Waals surface area contributed by atoms with E-state index < -0.39 is 0 Å². The first kappa shape index (κ1) is 14.7. The molecule has 1 aliphatic rings. The SMILES string of the molecule is COc1ccccc1Oc1ccc(Cl)cc1NC(=O)C1CC1. The summed E-state index contributed by atoms with van der Waals surface area (Å²) >= 11 is 6.03. The topological polar surface area (TPSA) is 47.6 Å². The number of benzene rings is 2. The lowest BCUT2D eigenvalue weighted by Gasteiger charge is -2.14. The van der Waals surface area contributed by atoms with E-state index in [9.17, 15) is 4.79 Å². The van der Waals surface area contributed by atoms with Crippen molar-refractivity contribution in [2.24, 2.45) is 5.92 Å². The van der Waals surface area contributed by atoms with Gasteiger partial charge >= 0.3 is 0 Å². The monoisotopic (exact) mass is 317 g/mol. The van der Waals surface area contributed by atoms with Gasteiger partial charge in [0.1, 0.15) is 0 Å². The van der Waals surface area contributed by atoms with Crippen LogP contribution in [0.3, 0.4) is 0 Å². The van der Waals surface area contributed by atoms with Gasteiger partial charge in [0.2, 0.25) is 5.91 Å². The van der Waals surface area contributed by atoms with Crippen LogP contribution in [0.5, 0.6) is 17.2 Å². The highest BCUT2D eigenvalue weighted by atomic mass is 35.5. The fourth-order valence-electron chi connectivity index (χ4n) is 2.09. The fourth-order valence-corrected chi connectivity index (χ4v) is 2.26. The molecule has 2 aromatic rings. The number of nitrogens with one attached hydrogen (secondary N) is 1. The van der Waals surface area contributed by atoms with E-state index in [-0.39, 0.29) is 11.8 Å². The van der Waals surface area contributed by atoms with Gasteiger partial charge in [0.15, 0.2) is 17.2 Å². The zero-order valence-electron chi connectivity index (χ0n) is 12.1. The van der Waals surface area contributed by atoms with Crippen molar-refractivity contribution in [3.8, 4) is 17.2 Å². The Balaban J connectivity index is 1.87. The van der Waals surface area contributed by atoms with Crippen LogP contribution in [0.2, 0.25) is 5.02 Å². The van der Waals surface area contributed by atoms with Gasteiger partial charge in [-0.05, 0) is 43.2 Å². The van der Waals surface area contributed by atoms with Crippen molar-refractivity contribution in [2.75, 3.05) is 12.4 Å². The summed E-state index contributed by atoms with van der Waals surface area (Å²) in [5.41, 5.74) is 0.565. The van der Waals surface area contributed by atoms with Crippen LogP contribution in [0, 0.1) is 5.92 Å². The average molecular weight is 318 g/mol. The van der Waals surface area contributed by atoms with Crippen molar-refractivity contribution in [3.05, 3.63) is 47.5 Å². The molecule has 0 atom stereocenters. The second kappa shape index (κ2) is 6.28. The third-order valence-corrected chi connectivity index (χ3v) is 3.67. The second-order valence-electron chi connectivity index (χ2n) is 5.16. The van der Waals surface area contributed by atoms with Crippen LogP contribution in [0.25, 0.3) is 0 Å². The highest BCUT2D eigenvalue weighted by Gasteiger charge is 2.30. The molecular weight excluding hydrogens is 302 g/mol. The molecule has 1 aliphatic carbocycles. The Hall–Kier alpha value is -2.20. The molecule has 0 saturated heterocycles. The highest BCUT2D eigenvalue weighted by molar-refractivity contribution is 6.31. The van der Waals surface area contributed by atoms with Crippen molar-refractivity contribution in [2.45, 2.75) is 12.8 Å². The summed E-state index contributed by atoms with van der Waals surface area (Å²) in [4.78, 5) is 12.0.